The van der Waals surface area contributed by atoms with Crippen LogP contribution in [0.3, 0.4) is 0 Å². The number of aryl methyl sites for hydroxylation is 1. The summed E-state index contributed by atoms with van der Waals surface area (Å²) >= 11 is 1.50. The van der Waals surface area contributed by atoms with Gasteiger partial charge in [-0.25, -0.2) is 8.78 Å². The lowest BCUT2D eigenvalue weighted by atomic mass is 10.2. The fourth-order valence-electron chi connectivity index (χ4n) is 2.91. The average molecular weight is 379 g/mol. The lowest BCUT2D eigenvalue weighted by Crippen LogP contribution is -2.44. The summed E-state index contributed by atoms with van der Waals surface area (Å²) in [6.07, 6.45) is 1.15. The van der Waals surface area contributed by atoms with E-state index in [1.54, 1.807) is 17.2 Å². The highest BCUT2D eigenvalue weighted by Crippen LogP contribution is 2.32. The van der Waals surface area contributed by atoms with Gasteiger partial charge < -0.3 is 14.5 Å². The number of carbonyl (C=O) groups is 1. The van der Waals surface area contributed by atoms with E-state index >= 15 is 0 Å². The molecule has 8 heteroatoms. The van der Waals surface area contributed by atoms with E-state index in [2.05, 4.69) is 0 Å². The van der Waals surface area contributed by atoms with E-state index in [0.717, 1.165) is 16.2 Å². The molecule has 1 unspecified atom stereocenters. The second kappa shape index (κ2) is 7.54. The smallest absolute Gasteiger partial charge is 0.268 e. The summed E-state index contributed by atoms with van der Waals surface area (Å²) in [6, 6.07) is 8.38. The molecular formula is C18H19F2N3O2S. The fourth-order valence-corrected chi connectivity index (χ4v) is 3.77. The van der Waals surface area contributed by atoms with Crippen molar-refractivity contribution < 1.29 is 18.3 Å². The Morgan fingerprint density at radius 1 is 1.42 bits per heavy atom. The van der Waals surface area contributed by atoms with Gasteiger partial charge in [-0.1, -0.05) is 17.7 Å². The van der Waals surface area contributed by atoms with Crippen molar-refractivity contribution in [3.63, 3.8) is 0 Å². The van der Waals surface area contributed by atoms with Crippen LogP contribution in [0, 0.1) is 18.3 Å². The molecule has 1 aromatic rings. The Morgan fingerprint density at radius 2 is 2.15 bits per heavy atom. The maximum atomic E-state index is 13.5. The molecular weight excluding hydrogens is 360 g/mol. The predicted molar refractivity (Wildman–Crippen MR) is 94.6 cm³/mol. The lowest BCUT2D eigenvalue weighted by molar-refractivity contribution is -0.133. The molecule has 0 aliphatic carbocycles. The number of hydrogen-bond acceptors (Lipinski definition) is 5. The summed E-state index contributed by atoms with van der Waals surface area (Å²) in [6.45, 7) is 1.59. The topological polar surface area (TPSA) is 56.6 Å². The Bertz CT molecular complexity index is 733. The van der Waals surface area contributed by atoms with Crippen molar-refractivity contribution in [1.82, 2.24) is 9.80 Å². The third-order valence-electron chi connectivity index (χ3n) is 4.33. The van der Waals surface area contributed by atoms with E-state index in [-0.39, 0.29) is 11.9 Å². The first-order valence-electron chi connectivity index (χ1n) is 8.22. The zero-order valence-corrected chi connectivity index (χ0v) is 15.1. The Labute approximate surface area is 155 Å². The number of hydrogen-bond donors (Lipinski definition) is 0. The van der Waals surface area contributed by atoms with Crippen LogP contribution in [0.15, 0.2) is 35.9 Å². The van der Waals surface area contributed by atoms with Crippen molar-refractivity contribution in [3.8, 4) is 11.8 Å². The molecule has 0 radical (unpaired) electrons. The van der Waals surface area contributed by atoms with Gasteiger partial charge in [0.25, 0.3) is 5.92 Å². The molecule has 1 fully saturated rings. The number of ether oxygens (including phenoxy) is 1. The van der Waals surface area contributed by atoms with Gasteiger partial charge >= 0.3 is 0 Å². The molecule has 0 N–H and O–H groups in total. The zero-order valence-electron chi connectivity index (χ0n) is 14.3. The van der Waals surface area contributed by atoms with Gasteiger partial charge in [0.2, 0.25) is 5.91 Å². The molecule has 3 rings (SSSR count). The molecule has 2 aliphatic heterocycles. The molecule has 26 heavy (non-hydrogen) atoms. The van der Waals surface area contributed by atoms with E-state index in [0.29, 0.717) is 6.61 Å². The number of nitrogens with zero attached hydrogens (tertiary/aromatic N) is 3. The standard InChI is InChI=1S/C18H19F2N3O2S/c1-13-2-4-15(5-3-13)25-11-17-22(6-7-26-17)10-16(24)23-12-18(19,20)8-14(23)9-21/h2-7,14,17H,8,10-12H2,1H3/t14?,17-/m0/s1. The lowest BCUT2D eigenvalue weighted by Gasteiger charge is -2.27. The van der Waals surface area contributed by atoms with Gasteiger partial charge in [-0.2, -0.15) is 5.26 Å². The van der Waals surface area contributed by atoms with E-state index in [1.165, 1.54) is 11.8 Å². The summed E-state index contributed by atoms with van der Waals surface area (Å²) < 4.78 is 32.8. The number of rotatable bonds is 5. The third kappa shape index (κ3) is 4.28. The summed E-state index contributed by atoms with van der Waals surface area (Å²) in [5, 5.41) is 10.8. The number of nitriles is 1. The van der Waals surface area contributed by atoms with Crippen LogP contribution in [0.1, 0.15) is 12.0 Å². The summed E-state index contributed by atoms with van der Waals surface area (Å²) in [5.74, 6) is -2.74. The summed E-state index contributed by atoms with van der Waals surface area (Å²) in [5.41, 5.74) is 1.14. The normalized spacial score (nSPS) is 23.9. The van der Waals surface area contributed by atoms with Crippen LogP contribution in [0.2, 0.25) is 0 Å². The molecule has 5 nitrogen and oxygen atoms in total. The average Bonchev–Trinajstić information content (AvgIpc) is 3.17. The Balaban J connectivity index is 1.56. The number of halogens is 2. The highest BCUT2D eigenvalue weighted by atomic mass is 32.2. The Hall–Kier alpha value is -2.27. The number of amides is 1. The largest absolute Gasteiger partial charge is 0.491 e. The van der Waals surface area contributed by atoms with E-state index in [1.807, 2.05) is 36.6 Å². The van der Waals surface area contributed by atoms with Crippen LogP contribution in [0.5, 0.6) is 5.75 Å². The number of benzene rings is 1. The number of carbonyl (C=O) groups excluding carboxylic acids is 1. The monoisotopic (exact) mass is 379 g/mol. The van der Waals surface area contributed by atoms with Crippen molar-refractivity contribution in [2.75, 3.05) is 19.7 Å². The molecule has 0 bridgehead atoms. The van der Waals surface area contributed by atoms with E-state index in [9.17, 15) is 13.6 Å². The predicted octanol–water partition coefficient (Wildman–Crippen LogP) is 2.98. The van der Waals surface area contributed by atoms with Crippen LogP contribution in [-0.2, 0) is 4.79 Å². The highest BCUT2D eigenvalue weighted by Gasteiger charge is 2.47. The van der Waals surface area contributed by atoms with Crippen molar-refractivity contribution in [2.45, 2.75) is 30.7 Å². The van der Waals surface area contributed by atoms with Crippen LogP contribution in [0.25, 0.3) is 0 Å². The molecule has 1 amide bonds. The van der Waals surface area contributed by atoms with Crippen molar-refractivity contribution in [2.24, 2.45) is 0 Å². The second-order valence-corrected chi connectivity index (χ2v) is 7.49. The molecule has 0 spiro atoms. The van der Waals surface area contributed by atoms with Gasteiger partial charge in [-0.15, -0.1) is 11.8 Å². The van der Waals surface area contributed by atoms with Gasteiger partial charge in [-0.3, -0.25) is 4.79 Å². The molecule has 138 valence electrons. The van der Waals surface area contributed by atoms with E-state index in [4.69, 9.17) is 10.00 Å². The first-order valence-corrected chi connectivity index (χ1v) is 9.16. The van der Waals surface area contributed by atoms with Crippen LogP contribution < -0.4 is 4.74 Å². The van der Waals surface area contributed by atoms with Gasteiger partial charge in [0.15, 0.2) is 0 Å². The quantitative estimate of drug-likeness (QED) is 0.787. The molecule has 2 atom stereocenters. The maximum absolute atomic E-state index is 13.5. The van der Waals surface area contributed by atoms with Gasteiger partial charge in [0, 0.05) is 12.6 Å². The molecule has 1 aromatic carbocycles. The first kappa shape index (κ1) is 18.5. The van der Waals surface area contributed by atoms with Crippen LogP contribution in [0.4, 0.5) is 8.78 Å². The Morgan fingerprint density at radius 3 is 2.85 bits per heavy atom. The van der Waals surface area contributed by atoms with Gasteiger partial charge in [0.1, 0.15) is 23.8 Å². The first-order chi connectivity index (χ1) is 12.4. The molecule has 0 aromatic heterocycles. The molecule has 0 saturated carbocycles. The fraction of sp³-hybridized carbons (Fsp3) is 0.444. The molecule has 2 aliphatic rings. The van der Waals surface area contributed by atoms with E-state index < -0.39 is 30.8 Å². The van der Waals surface area contributed by atoms with Crippen LogP contribution >= 0.6 is 11.8 Å². The third-order valence-corrected chi connectivity index (χ3v) is 5.33. The number of likely N-dealkylation sites (tertiary alicyclic amines) is 1. The minimum absolute atomic E-state index is 0.0559. The SMILES string of the molecule is Cc1ccc(OC[C@@H]2SC=CN2CC(=O)N2CC(F)(F)CC2C#N)cc1. The zero-order chi connectivity index (χ0) is 18.7. The molecule has 1 saturated heterocycles. The van der Waals surface area contributed by atoms with Crippen molar-refractivity contribution >= 4 is 17.7 Å². The number of thioether (sulfide) groups is 1. The minimum Gasteiger partial charge on any atom is -0.491 e. The summed E-state index contributed by atoms with van der Waals surface area (Å²) in [7, 11) is 0. The van der Waals surface area contributed by atoms with Gasteiger partial charge in [-0.05, 0) is 24.5 Å². The van der Waals surface area contributed by atoms with Crippen molar-refractivity contribution in [3.05, 3.63) is 41.4 Å². The molecule has 2 heterocycles. The maximum Gasteiger partial charge on any atom is 0.268 e. The number of alkyl halides is 2. The van der Waals surface area contributed by atoms with Crippen LogP contribution in [-0.4, -0.2) is 52.7 Å². The van der Waals surface area contributed by atoms with Crippen molar-refractivity contribution in [1.29, 1.82) is 5.26 Å². The summed E-state index contributed by atoms with van der Waals surface area (Å²) in [4.78, 5) is 15.2. The highest BCUT2D eigenvalue weighted by molar-refractivity contribution is 8.02. The Kier molecular flexibility index (Phi) is 5.37. The second-order valence-electron chi connectivity index (χ2n) is 6.40. The minimum atomic E-state index is -3.00. The van der Waals surface area contributed by atoms with Gasteiger partial charge in [0.05, 0.1) is 19.2 Å².